The maximum absolute atomic E-state index is 13.7. The lowest BCUT2D eigenvalue weighted by atomic mass is 9.90. The number of amides is 1. The number of nitrogens with zero attached hydrogens (tertiary/aromatic N) is 3. The Morgan fingerprint density at radius 3 is 2.34 bits per heavy atom. The van der Waals surface area contributed by atoms with Gasteiger partial charge in [-0.05, 0) is 48.4 Å². The molecule has 2 heterocycles. The molecule has 5 rings (SSSR count). The molecule has 1 N–H and O–H groups in total. The van der Waals surface area contributed by atoms with Crippen molar-refractivity contribution in [2.24, 2.45) is 5.92 Å². The Balaban J connectivity index is 1.35. The van der Waals surface area contributed by atoms with Crippen LogP contribution in [0, 0.1) is 5.92 Å². The van der Waals surface area contributed by atoms with Crippen LogP contribution in [0.2, 0.25) is 0 Å². The maximum Gasteiger partial charge on any atom is 0.245 e. The summed E-state index contributed by atoms with van der Waals surface area (Å²) in [6.45, 7) is 1.21. The molecule has 7 nitrogen and oxygen atoms in total. The molecule has 0 unspecified atom stereocenters. The smallest absolute Gasteiger partial charge is 0.245 e. The number of rotatable bonds is 7. The van der Waals surface area contributed by atoms with Crippen LogP contribution in [0.3, 0.4) is 0 Å². The van der Waals surface area contributed by atoms with Crippen LogP contribution in [0.4, 0.5) is 0 Å². The molecular weight excluding hydrogens is 480 g/mol. The number of likely N-dealkylation sites (tertiary alicyclic amines) is 1. The summed E-state index contributed by atoms with van der Waals surface area (Å²) in [5, 5.41) is 0. The second-order valence-corrected chi connectivity index (χ2v) is 11.0. The first kappa shape index (κ1) is 23.6. The predicted octanol–water partition coefficient (Wildman–Crippen LogP) is 4.19. The molecule has 0 radical (unpaired) electrons. The van der Waals surface area contributed by atoms with Crippen molar-refractivity contribution in [3.63, 3.8) is 0 Å². The van der Waals surface area contributed by atoms with Crippen LogP contribution in [0.15, 0.2) is 83.8 Å². The third-order valence-electron chi connectivity index (χ3n) is 6.48. The normalized spacial score (nSPS) is 15.8. The summed E-state index contributed by atoms with van der Waals surface area (Å²) < 4.78 is 37.8. The van der Waals surface area contributed by atoms with Gasteiger partial charge in [-0.25, -0.2) is 8.42 Å². The molecular formula is C26H26N4O3S2. The first-order valence-corrected chi connectivity index (χ1v) is 13.8. The van der Waals surface area contributed by atoms with Gasteiger partial charge in [0, 0.05) is 13.1 Å². The number of fused-ring (bicyclic) bond motifs is 1. The fourth-order valence-electron chi connectivity index (χ4n) is 4.61. The van der Waals surface area contributed by atoms with Gasteiger partial charge in [0.1, 0.15) is 22.0 Å². The van der Waals surface area contributed by atoms with Gasteiger partial charge in [0.2, 0.25) is 15.9 Å². The molecule has 1 atom stereocenters. The van der Waals surface area contributed by atoms with E-state index in [9.17, 15) is 13.2 Å². The Kier molecular flexibility index (Phi) is 6.90. The van der Waals surface area contributed by atoms with E-state index in [2.05, 4.69) is 25.6 Å². The standard InChI is InChI=1S/C26H26N4O3S2/c31-26(30-16-14-20(15-17-30)18-19-8-3-1-4-9-19)24(21-10-5-2-6-11-21)29-35(32,33)23-13-7-12-22-25(23)28-34-27-22/h1-13,20,24,29H,14-18H2/t24-/m1/s1. The number of piperidine rings is 1. The van der Waals surface area contributed by atoms with Crippen molar-refractivity contribution in [1.29, 1.82) is 0 Å². The van der Waals surface area contributed by atoms with Crippen LogP contribution < -0.4 is 4.72 Å². The van der Waals surface area contributed by atoms with Crippen LogP contribution >= 0.6 is 11.7 Å². The van der Waals surface area contributed by atoms with Crippen molar-refractivity contribution in [3.05, 3.63) is 90.0 Å². The molecule has 0 aliphatic carbocycles. The van der Waals surface area contributed by atoms with E-state index < -0.39 is 16.1 Å². The van der Waals surface area contributed by atoms with Crippen molar-refractivity contribution in [2.75, 3.05) is 13.1 Å². The van der Waals surface area contributed by atoms with Crippen LogP contribution in [-0.4, -0.2) is 41.1 Å². The lowest BCUT2D eigenvalue weighted by Crippen LogP contribution is -2.46. The molecule has 0 saturated carbocycles. The van der Waals surface area contributed by atoms with Crippen molar-refractivity contribution in [2.45, 2.75) is 30.2 Å². The van der Waals surface area contributed by atoms with Gasteiger partial charge in [-0.3, -0.25) is 4.79 Å². The minimum absolute atomic E-state index is 0.0269. The monoisotopic (exact) mass is 506 g/mol. The SMILES string of the molecule is O=C([C@H](NS(=O)(=O)c1cccc2nsnc12)c1ccccc1)N1CCC(Cc2ccccc2)CC1. The average Bonchev–Trinajstić information content (AvgIpc) is 3.38. The number of benzene rings is 3. The van der Waals surface area contributed by atoms with Gasteiger partial charge in [-0.15, -0.1) is 0 Å². The largest absolute Gasteiger partial charge is 0.341 e. The molecule has 0 bridgehead atoms. The third-order valence-corrected chi connectivity index (χ3v) is 8.48. The molecule has 0 spiro atoms. The number of carbonyl (C=O) groups is 1. The summed E-state index contributed by atoms with van der Waals surface area (Å²) in [5.41, 5.74) is 2.74. The zero-order valence-corrected chi connectivity index (χ0v) is 20.7. The second kappa shape index (κ2) is 10.2. The molecule has 3 aromatic carbocycles. The number of aromatic nitrogens is 2. The fraction of sp³-hybridized carbons (Fsp3) is 0.269. The molecule has 180 valence electrons. The van der Waals surface area contributed by atoms with Gasteiger partial charge < -0.3 is 4.90 Å². The van der Waals surface area contributed by atoms with Gasteiger partial charge in [-0.1, -0.05) is 66.7 Å². The molecule has 1 aromatic heterocycles. The number of sulfonamides is 1. The highest BCUT2D eigenvalue weighted by molar-refractivity contribution is 7.89. The minimum atomic E-state index is -4.03. The predicted molar refractivity (Wildman–Crippen MR) is 136 cm³/mol. The Bertz CT molecular complexity index is 1400. The molecule has 35 heavy (non-hydrogen) atoms. The van der Waals surface area contributed by atoms with Gasteiger partial charge in [0.05, 0.1) is 11.7 Å². The van der Waals surface area contributed by atoms with Gasteiger partial charge >= 0.3 is 0 Å². The van der Waals surface area contributed by atoms with Crippen molar-refractivity contribution in [3.8, 4) is 0 Å². The van der Waals surface area contributed by atoms with E-state index in [1.54, 1.807) is 41.3 Å². The highest BCUT2D eigenvalue weighted by atomic mass is 32.2. The van der Waals surface area contributed by atoms with E-state index in [1.807, 2.05) is 24.3 Å². The maximum atomic E-state index is 13.7. The van der Waals surface area contributed by atoms with Crippen LogP contribution in [0.25, 0.3) is 11.0 Å². The van der Waals surface area contributed by atoms with E-state index in [-0.39, 0.29) is 10.8 Å². The van der Waals surface area contributed by atoms with E-state index >= 15 is 0 Å². The Morgan fingerprint density at radius 2 is 1.63 bits per heavy atom. The molecule has 1 aliphatic heterocycles. The van der Waals surface area contributed by atoms with Gasteiger partial charge in [-0.2, -0.15) is 13.5 Å². The third kappa shape index (κ3) is 5.27. The molecule has 9 heteroatoms. The minimum Gasteiger partial charge on any atom is -0.341 e. The van der Waals surface area contributed by atoms with Crippen LogP contribution in [0.5, 0.6) is 0 Å². The van der Waals surface area contributed by atoms with Gasteiger partial charge in [0.15, 0.2) is 0 Å². The number of hydrogen-bond donors (Lipinski definition) is 1. The van der Waals surface area contributed by atoms with E-state index in [4.69, 9.17) is 0 Å². The first-order valence-electron chi connectivity index (χ1n) is 11.6. The summed E-state index contributed by atoms with van der Waals surface area (Å²) in [5.74, 6) is 0.268. The average molecular weight is 507 g/mol. The molecule has 1 amide bonds. The van der Waals surface area contributed by atoms with Crippen molar-refractivity contribution >= 4 is 38.7 Å². The zero-order chi connectivity index (χ0) is 24.3. The first-order chi connectivity index (χ1) is 17.0. The number of hydrogen-bond acceptors (Lipinski definition) is 6. The molecule has 1 aliphatic rings. The van der Waals surface area contributed by atoms with Crippen LogP contribution in [0.1, 0.15) is 30.0 Å². The van der Waals surface area contributed by atoms with E-state index in [0.717, 1.165) is 31.0 Å². The van der Waals surface area contributed by atoms with Crippen molar-refractivity contribution in [1.82, 2.24) is 18.4 Å². The summed E-state index contributed by atoms with van der Waals surface area (Å²) in [7, 11) is -4.03. The molecule has 1 fully saturated rings. The highest BCUT2D eigenvalue weighted by Gasteiger charge is 2.33. The van der Waals surface area contributed by atoms with Crippen molar-refractivity contribution < 1.29 is 13.2 Å². The van der Waals surface area contributed by atoms with E-state index in [0.29, 0.717) is 35.6 Å². The summed E-state index contributed by atoms with van der Waals surface area (Å²) in [6, 6.07) is 23.2. The highest BCUT2D eigenvalue weighted by Crippen LogP contribution is 2.27. The number of nitrogens with one attached hydrogen (secondary N) is 1. The molecule has 4 aromatic rings. The van der Waals surface area contributed by atoms with Crippen LogP contribution in [-0.2, 0) is 21.2 Å². The topological polar surface area (TPSA) is 92.3 Å². The summed E-state index contributed by atoms with van der Waals surface area (Å²) >= 11 is 0.961. The summed E-state index contributed by atoms with van der Waals surface area (Å²) in [6.07, 6.45) is 2.76. The lowest BCUT2D eigenvalue weighted by Gasteiger charge is -2.34. The fourth-order valence-corrected chi connectivity index (χ4v) is 6.55. The molecule has 1 saturated heterocycles. The van der Waals surface area contributed by atoms with Gasteiger partial charge in [0.25, 0.3) is 0 Å². The Labute approximate surface area is 209 Å². The Morgan fingerprint density at radius 1 is 0.943 bits per heavy atom. The quantitative estimate of drug-likeness (QED) is 0.406. The van der Waals surface area contributed by atoms with E-state index in [1.165, 1.54) is 11.6 Å². The lowest BCUT2D eigenvalue weighted by molar-refractivity contribution is -0.134. The second-order valence-electron chi connectivity index (χ2n) is 8.81. The zero-order valence-electron chi connectivity index (χ0n) is 19.1. The summed E-state index contributed by atoms with van der Waals surface area (Å²) in [4.78, 5) is 15.5. The number of carbonyl (C=O) groups excluding carboxylic acids is 1. The Hall–Kier alpha value is -3.14.